The molecule has 3 heterocycles. The third kappa shape index (κ3) is 5.46. The zero-order chi connectivity index (χ0) is 20.6. The van der Waals surface area contributed by atoms with Crippen molar-refractivity contribution >= 4 is 11.9 Å². The molecule has 2 aromatic rings. The van der Waals surface area contributed by atoms with E-state index < -0.39 is 0 Å². The van der Waals surface area contributed by atoms with Crippen molar-refractivity contribution in [3.8, 4) is 0 Å². The first-order chi connectivity index (χ1) is 14.8. The number of rotatable bonds is 5. The van der Waals surface area contributed by atoms with E-state index in [4.69, 9.17) is 4.74 Å². The van der Waals surface area contributed by atoms with Crippen LogP contribution in [0.1, 0.15) is 11.1 Å². The summed E-state index contributed by atoms with van der Waals surface area (Å²) in [5.74, 6) is 1.75. The molecule has 2 fully saturated rings. The molecule has 8 nitrogen and oxygen atoms in total. The summed E-state index contributed by atoms with van der Waals surface area (Å²) in [5.41, 5.74) is 2.61. The molecule has 30 heavy (non-hydrogen) atoms. The van der Waals surface area contributed by atoms with Gasteiger partial charge in [0.05, 0.1) is 13.2 Å². The molecule has 0 radical (unpaired) electrons. The van der Waals surface area contributed by atoms with Crippen LogP contribution in [-0.4, -0.2) is 85.3 Å². The van der Waals surface area contributed by atoms with Crippen LogP contribution in [0.25, 0.3) is 0 Å². The van der Waals surface area contributed by atoms with Crippen LogP contribution < -0.4 is 10.2 Å². The molecule has 1 N–H and O–H groups in total. The average molecular weight is 410 g/mol. The quantitative estimate of drug-likeness (QED) is 0.588. The number of piperazine rings is 1. The van der Waals surface area contributed by atoms with E-state index in [2.05, 4.69) is 59.2 Å². The van der Waals surface area contributed by atoms with Crippen LogP contribution in [-0.2, 0) is 17.8 Å². The number of morpholine rings is 1. The second-order valence-corrected chi connectivity index (χ2v) is 7.63. The lowest BCUT2D eigenvalue weighted by Gasteiger charge is -2.36. The van der Waals surface area contributed by atoms with Gasteiger partial charge in [-0.2, -0.15) is 0 Å². The molecule has 8 heteroatoms. The zero-order valence-corrected chi connectivity index (χ0v) is 17.7. The molecule has 0 spiro atoms. The maximum absolute atomic E-state index is 5.43. The standard InChI is InChI=1S/C22H31N7O/c1-23-21(28-9-11-29(12-10-28)22-24-7-2-8-25-22)26-17-19-3-5-20(6-4-19)18-27-13-15-30-16-14-27/h2-8H,9-18H2,1H3,(H,23,26). The number of ether oxygens (including phenoxy) is 1. The van der Waals surface area contributed by atoms with E-state index in [-0.39, 0.29) is 0 Å². The highest BCUT2D eigenvalue weighted by Crippen LogP contribution is 2.11. The van der Waals surface area contributed by atoms with Crippen LogP contribution in [0.4, 0.5) is 5.95 Å². The van der Waals surface area contributed by atoms with Crippen LogP contribution >= 0.6 is 0 Å². The molecule has 0 unspecified atom stereocenters. The van der Waals surface area contributed by atoms with E-state index >= 15 is 0 Å². The molecule has 0 aliphatic carbocycles. The van der Waals surface area contributed by atoms with Crippen molar-refractivity contribution in [2.45, 2.75) is 13.1 Å². The first-order valence-corrected chi connectivity index (χ1v) is 10.7. The molecular weight excluding hydrogens is 378 g/mol. The maximum atomic E-state index is 5.43. The molecule has 4 rings (SSSR count). The first-order valence-electron chi connectivity index (χ1n) is 10.7. The largest absolute Gasteiger partial charge is 0.379 e. The van der Waals surface area contributed by atoms with Gasteiger partial charge in [-0.1, -0.05) is 24.3 Å². The van der Waals surface area contributed by atoms with Gasteiger partial charge in [-0.05, 0) is 17.2 Å². The highest BCUT2D eigenvalue weighted by Gasteiger charge is 2.21. The highest BCUT2D eigenvalue weighted by molar-refractivity contribution is 5.80. The van der Waals surface area contributed by atoms with Gasteiger partial charge in [0, 0.05) is 71.8 Å². The SMILES string of the molecule is CN=C(NCc1ccc(CN2CCOCC2)cc1)N1CCN(c2ncccn2)CC1. The molecule has 2 aliphatic heterocycles. The minimum atomic E-state index is 0.770. The van der Waals surface area contributed by atoms with Gasteiger partial charge in [0.15, 0.2) is 5.96 Å². The highest BCUT2D eigenvalue weighted by atomic mass is 16.5. The summed E-state index contributed by atoms with van der Waals surface area (Å²) >= 11 is 0. The van der Waals surface area contributed by atoms with Crippen molar-refractivity contribution < 1.29 is 4.74 Å². The smallest absolute Gasteiger partial charge is 0.225 e. The minimum absolute atomic E-state index is 0.770. The Morgan fingerprint density at radius 2 is 1.63 bits per heavy atom. The van der Waals surface area contributed by atoms with E-state index in [9.17, 15) is 0 Å². The third-order valence-corrected chi connectivity index (χ3v) is 5.61. The predicted molar refractivity (Wildman–Crippen MR) is 119 cm³/mol. The van der Waals surface area contributed by atoms with Crippen LogP contribution in [0.2, 0.25) is 0 Å². The summed E-state index contributed by atoms with van der Waals surface area (Å²) < 4.78 is 5.43. The van der Waals surface area contributed by atoms with Crippen LogP contribution in [0.15, 0.2) is 47.7 Å². The van der Waals surface area contributed by atoms with E-state index in [0.717, 1.165) is 77.5 Å². The lowest BCUT2D eigenvalue weighted by atomic mass is 10.1. The molecule has 1 aromatic heterocycles. The van der Waals surface area contributed by atoms with Gasteiger partial charge < -0.3 is 19.9 Å². The van der Waals surface area contributed by atoms with Gasteiger partial charge in [-0.25, -0.2) is 9.97 Å². The summed E-state index contributed by atoms with van der Waals surface area (Å²) in [5, 5.41) is 3.51. The number of benzene rings is 1. The monoisotopic (exact) mass is 409 g/mol. The number of hydrogen-bond acceptors (Lipinski definition) is 6. The predicted octanol–water partition coefficient (Wildman–Crippen LogP) is 1.21. The summed E-state index contributed by atoms with van der Waals surface area (Å²) in [4.78, 5) is 20.1. The number of hydrogen-bond donors (Lipinski definition) is 1. The molecule has 0 bridgehead atoms. The Labute approximate surface area is 178 Å². The molecular formula is C22H31N7O. The van der Waals surface area contributed by atoms with Crippen molar-refractivity contribution in [2.24, 2.45) is 4.99 Å². The number of guanidine groups is 1. The van der Waals surface area contributed by atoms with Crippen LogP contribution in [0.3, 0.4) is 0 Å². The Bertz CT molecular complexity index is 798. The van der Waals surface area contributed by atoms with Gasteiger partial charge >= 0.3 is 0 Å². The van der Waals surface area contributed by atoms with Crippen molar-refractivity contribution in [1.82, 2.24) is 25.1 Å². The molecule has 2 aliphatic rings. The number of nitrogens with one attached hydrogen (secondary N) is 1. The summed E-state index contributed by atoms with van der Waals surface area (Å²) in [6, 6.07) is 10.7. The van der Waals surface area contributed by atoms with E-state index in [1.165, 1.54) is 11.1 Å². The second kappa shape index (κ2) is 10.4. The average Bonchev–Trinajstić information content (AvgIpc) is 2.82. The van der Waals surface area contributed by atoms with Crippen molar-refractivity contribution in [2.75, 3.05) is 64.4 Å². The third-order valence-electron chi connectivity index (χ3n) is 5.61. The van der Waals surface area contributed by atoms with Gasteiger partial charge in [0.1, 0.15) is 0 Å². The van der Waals surface area contributed by atoms with E-state index in [1.807, 2.05) is 13.1 Å². The normalized spacial score (nSPS) is 18.5. The lowest BCUT2D eigenvalue weighted by molar-refractivity contribution is 0.0342. The summed E-state index contributed by atoms with van der Waals surface area (Å²) in [6.07, 6.45) is 3.59. The Hall–Kier alpha value is -2.71. The lowest BCUT2D eigenvalue weighted by Crippen LogP contribution is -2.52. The Morgan fingerprint density at radius 3 is 2.30 bits per heavy atom. The van der Waals surface area contributed by atoms with Crippen molar-refractivity contribution in [1.29, 1.82) is 0 Å². The topological polar surface area (TPSA) is 69.1 Å². The number of aliphatic imine (C=N–C) groups is 1. The maximum Gasteiger partial charge on any atom is 0.225 e. The number of nitrogens with zero attached hydrogens (tertiary/aromatic N) is 6. The molecule has 0 amide bonds. The van der Waals surface area contributed by atoms with Crippen molar-refractivity contribution in [3.05, 3.63) is 53.9 Å². The minimum Gasteiger partial charge on any atom is -0.379 e. The van der Waals surface area contributed by atoms with E-state index in [1.54, 1.807) is 12.4 Å². The van der Waals surface area contributed by atoms with Gasteiger partial charge in [0.25, 0.3) is 0 Å². The Kier molecular flexibility index (Phi) is 7.10. The Balaban J connectivity index is 1.24. The fourth-order valence-electron chi connectivity index (χ4n) is 3.87. The summed E-state index contributed by atoms with van der Waals surface area (Å²) in [6.45, 7) is 9.06. The molecule has 1 aromatic carbocycles. The molecule has 2 saturated heterocycles. The molecule has 0 atom stereocenters. The van der Waals surface area contributed by atoms with Gasteiger partial charge in [0.2, 0.25) is 5.95 Å². The van der Waals surface area contributed by atoms with Crippen LogP contribution in [0.5, 0.6) is 0 Å². The molecule has 0 saturated carbocycles. The molecule has 160 valence electrons. The fourth-order valence-corrected chi connectivity index (χ4v) is 3.87. The van der Waals surface area contributed by atoms with Crippen molar-refractivity contribution in [3.63, 3.8) is 0 Å². The van der Waals surface area contributed by atoms with E-state index in [0.29, 0.717) is 0 Å². The fraction of sp³-hybridized carbons (Fsp3) is 0.500. The second-order valence-electron chi connectivity index (χ2n) is 7.63. The number of anilines is 1. The summed E-state index contributed by atoms with van der Waals surface area (Å²) in [7, 11) is 1.85. The zero-order valence-electron chi connectivity index (χ0n) is 17.7. The number of aromatic nitrogens is 2. The van der Waals surface area contributed by atoms with Gasteiger partial charge in [-0.15, -0.1) is 0 Å². The van der Waals surface area contributed by atoms with Gasteiger partial charge in [-0.3, -0.25) is 9.89 Å². The first kappa shape index (κ1) is 20.6. The van der Waals surface area contributed by atoms with Crippen LogP contribution in [0, 0.1) is 0 Å². The Morgan fingerprint density at radius 1 is 0.967 bits per heavy atom.